The molecule has 0 fully saturated rings. The molecule has 0 heterocycles. The fourth-order valence-corrected chi connectivity index (χ4v) is 5.84. The van der Waals surface area contributed by atoms with Crippen LogP contribution in [0.4, 0.5) is 10.1 Å². The van der Waals surface area contributed by atoms with Gasteiger partial charge in [0, 0.05) is 23.6 Å². The minimum absolute atomic E-state index is 0.0577. The normalized spacial score (nSPS) is 11.9. The molecule has 0 spiro atoms. The molecule has 9 nitrogen and oxygen atoms in total. The number of anilines is 1. The Bertz CT molecular complexity index is 1470. The molecule has 0 aliphatic rings. The number of amides is 2. The van der Waals surface area contributed by atoms with Gasteiger partial charge in [-0.05, 0) is 67.4 Å². The molecule has 0 saturated carbocycles. The van der Waals surface area contributed by atoms with Crippen molar-refractivity contribution in [2.75, 3.05) is 31.6 Å². The van der Waals surface area contributed by atoms with Gasteiger partial charge in [0.1, 0.15) is 18.4 Å². The number of benzene rings is 3. The van der Waals surface area contributed by atoms with E-state index >= 15 is 0 Å². The summed E-state index contributed by atoms with van der Waals surface area (Å²) in [6, 6.07) is 15.2. The first-order valence-electron chi connectivity index (χ1n) is 13.3. The zero-order chi connectivity index (χ0) is 30.9. The van der Waals surface area contributed by atoms with E-state index in [4.69, 9.17) is 9.47 Å². The number of halogens is 2. The number of sulfonamides is 1. The number of unbranched alkanes of at least 4 members (excludes halogenated alkanes) is 1. The van der Waals surface area contributed by atoms with Crippen LogP contribution < -0.4 is 19.1 Å². The van der Waals surface area contributed by atoms with Crippen molar-refractivity contribution in [2.24, 2.45) is 0 Å². The van der Waals surface area contributed by atoms with Gasteiger partial charge in [0.25, 0.3) is 10.0 Å². The summed E-state index contributed by atoms with van der Waals surface area (Å²) in [5.74, 6) is -1.04. The second-order valence-corrected chi connectivity index (χ2v) is 12.3. The molecule has 0 unspecified atom stereocenters. The molecular formula is C30H35BrFN3O6S. The molecule has 2 amide bonds. The Balaban J connectivity index is 2.03. The molecule has 3 aromatic carbocycles. The minimum atomic E-state index is -4.37. The van der Waals surface area contributed by atoms with Gasteiger partial charge >= 0.3 is 0 Å². The Labute approximate surface area is 254 Å². The highest BCUT2D eigenvalue weighted by molar-refractivity contribution is 9.10. The van der Waals surface area contributed by atoms with Crippen LogP contribution >= 0.6 is 15.9 Å². The number of carbonyl (C=O) groups excluding carboxylic acids is 2. The van der Waals surface area contributed by atoms with Crippen LogP contribution in [0.1, 0.15) is 32.3 Å². The van der Waals surface area contributed by atoms with Gasteiger partial charge in [0.2, 0.25) is 11.8 Å². The molecule has 1 N–H and O–H groups in total. The van der Waals surface area contributed by atoms with E-state index in [2.05, 4.69) is 21.2 Å². The first-order valence-corrected chi connectivity index (χ1v) is 15.6. The second-order valence-electron chi connectivity index (χ2n) is 9.47. The number of hydrogen-bond donors (Lipinski definition) is 1. The van der Waals surface area contributed by atoms with Crippen molar-refractivity contribution in [3.8, 4) is 11.5 Å². The van der Waals surface area contributed by atoms with Gasteiger partial charge in [-0.25, -0.2) is 12.8 Å². The number of carbonyl (C=O) groups is 2. The molecule has 3 aromatic rings. The number of ether oxygens (including phenoxy) is 2. The molecule has 0 aliphatic carbocycles. The average Bonchev–Trinajstić information content (AvgIpc) is 2.99. The highest BCUT2D eigenvalue weighted by Gasteiger charge is 2.33. The molecule has 3 rings (SSSR count). The first-order chi connectivity index (χ1) is 20.0. The summed E-state index contributed by atoms with van der Waals surface area (Å²) in [5, 5.41) is 2.84. The molecule has 0 aliphatic heterocycles. The fourth-order valence-electron chi connectivity index (χ4n) is 4.15. The third-order valence-electron chi connectivity index (χ3n) is 6.60. The predicted octanol–water partition coefficient (Wildman–Crippen LogP) is 5.13. The number of nitrogens with one attached hydrogen (secondary N) is 1. The third-order valence-corrected chi connectivity index (χ3v) is 8.90. The molecule has 12 heteroatoms. The van der Waals surface area contributed by atoms with Gasteiger partial charge in [-0.2, -0.15) is 0 Å². The zero-order valence-corrected chi connectivity index (χ0v) is 26.4. The van der Waals surface area contributed by atoms with Gasteiger partial charge in [0.15, 0.2) is 11.5 Å². The van der Waals surface area contributed by atoms with Crippen LogP contribution in [0.3, 0.4) is 0 Å². The summed E-state index contributed by atoms with van der Waals surface area (Å²) in [6.07, 6.45) is 1.66. The van der Waals surface area contributed by atoms with Gasteiger partial charge in [-0.3, -0.25) is 13.9 Å². The maximum absolute atomic E-state index is 14.0. The quantitative estimate of drug-likeness (QED) is 0.240. The SMILES string of the molecule is CCCCNC(=O)[C@H](C)N(Cc1ccc(Br)cc1)C(=O)CN(c1ccc(F)cc1)S(=O)(=O)c1ccc(OC)c(OC)c1. The fraction of sp³-hybridized carbons (Fsp3) is 0.333. The molecule has 0 aromatic heterocycles. The Kier molecular flexibility index (Phi) is 11.7. The van der Waals surface area contributed by atoms with Crippen LogP contribution in [0.5, 0.6) is 11.5 Å². The molecule has 42 heavy (non-hydrogen) atoms. The lowest BCUT2D eigenvalue weighted by molar-refractivity contribution is -0.139. The number of nitrogens with zero attached hydrogens (tertiary/aromatic N) is 2. The standard InChI is InChI=1S/C30H35BrFN3O6S/c1-5-6-17-33-30(37)21(2)34(19-22-7-9-23(31)10-8-22)29(36)20-35(25-13-11-24(32)12-14-25)42(38,39)26-15-16-27(40-3)28(18-26)41-4/h7-16,18,21H,5-6,17,19-20H2,1-4H3,(H,33,37)/t21-/m0/s1. The van der Waals surface area contributed by atoms with E-state index in [1.165, 1.54) is 49.5 Å². The van der Waals surface area contributed by atoms with Crippen LogP contribution in [0.2, 0.25) is 0 Å². The van der Waals surface area contributed by atoms with Crippen molar-refractivity contribution in [2.45, 2.75) is 44.2 Å². The number of rotatable bonds is 14. The van der Waals surface area contributed by atoms with E-state index in [-0.39, 0.29) is 28.8 Å². The lowest BCUT2D eigenvalue weighted by Crippen LogP contribution is -2.51. The van der Waals surface area contributed by atoms with Gasteiger partial charge in [-0.1, -0.05) is 41.4 Å². The van der Waals surface area contributed by atoms with Crippen LogP contribution in [-0.4, -0.2) is 58.5 Å². The summed E-state index contributed by atoms with van der Waals surface area (Å²) in [5.41, 5.74) is 0.819. The molecule has 0 radical (unpaired) electrons. The monoisotopic (exact) mass is 663 g/mol. The highest BCUT2D eigenvalue weighted by atomic mass is 79.9. The summed E-state index contributed by atoms with van der Waals surface area (Å²) >= 11 is 3.39. The van der Waals surface area contributed by atoms with Crippen molar-refractivity contribution in [3.05, 3.63) is 82.6 Å². The van der Waals surface area contributed by atoms with Crippen molar-refractivity contribution in [3.63, 3.8) is 0 Å². The van der Waals surface area contributed by atoms with Crippen molar-refractivity contribution in [1.82, 2.24) is 10.2 Å². The maximum Gasteiger partial charge on any atom is 0.264 e. The van der Waals surface area contributed by atoms with Crippen LogP contribution in [0.15, 0.2) is 76.1 Å². The van der Waals surface area contributed by atoms with Gasteiger partial charge in [-0.15, -0.1) is 0 Å². The molecular weight excluding hydrogens is 629 g/mol. The smallest absolute Gasteiger partial charge is 0.264 e. The highest BCUT2D eigenvalue weighted by Crippen LogP contribution is 2.32. The maximum atomic E-state index is 14.0. The Morgan fingerprint density at radius 2 is 1.62 bits per heavy atom. The summed E-state index contributed by atoms with van der Waals surface area (Å²) in [6.45, 7) is 3.47. The largest absolute Gasteiger partial charge is 0.493 e. The van der Waals surface area contributed by atoms with Crippen molar-refractivity contribution >= 4 is 43.5 Å². The number of hydrogen-bond acceptors (Lipinski definition) is 6. The van der Waals surface area contributed by atoms with E-state index in [1.807, 2.05) is 31.2 Å². The Hall–Kier alpha value is -3.64. The van der Waals surface area contributed by atoms with E-state index in [1.54, 1.807) is 6.92 Å². The summed E-state index contributed by atoms with van der Waals surface area (Å²) in [4.78, 5) is 28.2. The molecule has 226 valence electrons. The van der Waals surface area contributed by atoms with Crippen LogP contribution in [0.25, 0.3) is 0 Å². The average molecular weight is 665 g/mol. The van der Waals surface area contributed by atoms with E-state index in [0.29, 0.717) is 12.3 Å². The topological polar surface area (TPSA) is 105 Å². The third kappa shape index (κ3) is 8.22. The van der Waals surface area contributed by atoms with Crippen LogP contribution in [-0.2, 0) is 26.2 Å². The summed E-state index contributed by atoms with van der Waals surface area (Å²) in [7, 11) is -1.57. The van der Waals surface area contributed by atoms with Crippen molar-refractivity contribution in [1.29, 1.82) is 0 Å². The van der Waals surface area contributed by atoms with Crippen LogP contribution in [0, 0.1) is 5.82 Å². The lowest BCUT2D eigenvalue weighted by atomic mass is 10.1. The number of methoxy groups -OCH3 is 2. The minimum Gasteiger partial charge on any atom is -0.493 e. The Morgan fingerprint density at radius 1 is 0.976 bits per heavy atom. The van der Waals surface area contributed by atoms with E-state index in [0.717, 1.165) is 39.3 Å². The molecule has 1 atom stereocenters. The predicted molar refractivity (Wildman–Crippen MR) is 163 cm³/mol. The second kappa shape index (κ2) is 15.0. The molecule has 0 bridgehead atoms. The van der Waals surface area contributed by atoms with E-state index in [9.17, 15) is 22.4 Å². The van der Waals surface area contributed by atoms with Gasteiger partial charge in [0.05, 0.1) is 24.8 Å². The zero-order valence-electron chi connectivity index (χ0n) is 24.0. The van der Waals surface area contributed by atoms with Crippen molar-refractivity contribution < 1.29 is 31.9 Å². The van der Waals surface area contributed by atoms with Gasteiger partial charge < -0.3 is 19.7 Å². The Morgan fingerprint density at radius 3 is 2.21 bits per heavy atom. The van der Waals surface area contributed by atoms with E-state index < -0.39 is 34.3 Å². The molecule has 0 saturated heterocycles. The first kappa shape index (κ1) is 32.9. The summed E-state index contributed by atoms with van der Waals surface area (Å²) < 4.78 is 54.1. The lowest BCUT2D eigenvalue weighted by Gasteiger charge is -2.32.